The van der Waals surface area contributed by atoms with Gasteiger partial charge in [0.25, 0.3) is 0 Å². The van der Waals surface area contributed by atoms with Crippen LogP contribution in [-0.2, 0) is 14.9 Å². The van der Waals surface area contributed by atoms with Crippen LogP contribution >= 0.6 is 11.6 Å². The lowest BCUT2D eigenvalue weighted by Gasteiger charge is -2.16. The number of methoxy groups -OCH3 is 1. The van der Waals surface area contributed by atoms with E-state index in [2.05, 4.69) is 10.6 Å². The van der Waals surface area contributed by atoms with Crippen LogP contribution in [0.1, 0.15) is 18.4 Å². The third-order valence-corrected chi connectivity index (χ3v) is 3.87. The van der Waals surface area contributed by atoms with E-state index in [4.69, 9.17) is 16.3 Å². The van der Waals surface area contributed by atoms with Gasteiger partial charge in [0.2, 0.25) is 5.91 Å². The first-order valence-corrected chi connectivity index (χ1v) is 7.31. The summed E-state index contributed by atoms with van der Waals surface area (Å²) in [6, 6.07) is 7.61. The molecule has 110 valence electrons. The fourth-order valence-corrected chi connectivity index (χ4v) is 2.48. The number of amides is 1. The third kappa shape index (κ3) is 3.72. The number of carbonyl (C=O) groups excluding carboxylic acids is 1. The van der Waals surface area contributed by atoms with Gasteiger partial charge in [0.05, 0.1) is 12.0 Å². The van der Waals surface area contributed by atoms with E-state index in [0.717, 1.165) is 31.5 Å². The summed E-state index contributed by atoms with van der Waals surface area (Å²) in [7, 11) is 1.67. The van der Waals surface area contributed by atoms with E-state index in [0.29, 0.717) is 18.2 Å². The number of benzene rings is 1. The Morgan fingerprint density at radius 2 is 2.15 bits per heavy atom. The molecule has 0 atom stereocenters. The zero-order valence-electron chi connectivity index (χ0n) is 11.7. The SMILES string of the molecule is COCCNCCNC(=O)C1(c2cccc(Cl)c2)CC1. The second kappa shape index (κ2) is 7.07. The Hall–Kier alpha value is -1.10. The second-order valence-corrected chi connectivity index (χ2v) is 5.53. The highest BCUT2D eigenvalue weighted by molar-refractivity contribution is 6.30. The number of hydrogen-bond donors (Lipinski definition) is 2. The third-order valence-electron chi connectivity index (χ3n) is 3.63. The van der Waals surface area contributed by atoms with Gasteiger partial charge in [-0.05, 0) is 30.5 Å². The second-order valence-electron chi connectivity index (χ2n) is 5.09. The monoisotopic (exact) mass is 296 g/mol. The fourth-order valence-electron chi connectivity index (χ4n) is 2.29. The van der Waals surface area contributed by atoms with Gasteiger partial charge in [-0.1, -0.05) is 23.7 Å². The summed E-state index contributed by atoms with van der Waals surface area (Å²) < 4.78 is 4.94. The van der Waals surface area contributed by atoms with Crippen molar-refractivity contribution in [1.82, 2.24) is 10.6 Å². The smallest absolute Gasteiger partial charge is 0.230 e. The predicted octanol–water partition coefficient (Wildman–Crippen LogP) is 1.72. The van der Waals surface area contributed by atoms with E-state index in [1.807, 2.05) is 24.3 Å². The molecule has 20 heavy (non-hydrogen) atoms. The van der Waals surface area contributed by atoms with E-state index in [1.54, 1.807) is 7.11 Å². The van der Waals surface area contributed by atoms with Crippen LogP contribution in [-0.4, -0.2) is 39.3 Å². The molecule has 0 aliphatic heterocycles. The van der Waals surface area contributed by atoms with Crippen LogP contribution in [0.2, 0.25) is 5.02 Å². The van der Waals surface area contributed by atoms with Gasteiger partial charge in [-0.15, -0.1) is 0 Å². The summed E-state index contributed by atoms with van der Waals surface area (Å²) in [5.41, 5.74) is 0.673. The van der Waals surface area contributed by atoms with E-state index in [1.165, 1.54) is 0 Å². The Balaban J connectivity index is 1.80. The molecular formula is C15H21ClN2O2. The largest absolute Gasteiger partial charge is 0.383 e. The number of carbonyl (C=O) groups is 1. The first-order valence-electron chi connectivity index (χ1n) is 6.93. The number of halogens is 1. The van der Waals surface area contributed by atoms with E-state index in [-0.39, 0.29) is 11.3 Å². The molecular weight excluding hydrogens is 276 g/mol. The molecule has 0 aromatic heterocycles. The Morgan fingerprint density at radius 1 is 1.35 bits per heavy atom. The van der Waals surface area contributed by atoms with E-state index in [9.17, 15) is 4.79 Å². The summed E-state index contributed by atoms with van der Waals surface area (Å²) in [6.45, 7) is 2.86. The lowest BCUT2D eigenvalue weighted by atomic mass is 9.95. The molecule has 1 aromatic carbocycles. The summed E-state index contributed by atoms with van der Waals surface area (Å²) in [4.78, 5) is 12.3. The average molecular weight is 297 g/mol. The van der Waals surface area contributed by atoms with Crippen LogP contribution in [0.15, 0.2) is 24.3 Å². The van der Waals surface area contributed by atoms with Gasteiger partial charge >= 0.3 is 0 Å². The minimum Gasteiger partial charge on any atom is -0.383 e. The van der Waals surface area contributed by atoms with Crippen molar-refractivity contribution in [2.24, 2.45) is 0 Å². The molecule has 1 aromatic rings. The molecule has 0 saturated heterocycles. The van der Waals surface area contributed by atoms with Crippen LogP contribution in [0.3, 0.4) is 0 Å². The van der Waals surface area contributed by atoms with Crippen molar-refractivity contribution in [3.63, 3.8) is 0 Å². The highest BCUT2D eigenvalue weighted by atomic mass is 35.5. The van der Waals surface area contributed by atoms with Crippen molar-refractivity contribution in [2.75, 3.05) is 33.4 Å². The molecule has 1 aliphatic carbocycles. The van der Waals surface area contributed by atoms with Crippen molar-refractivity contribution in [2.45, 2.75) is 18.3 Å². The van der Waals surface area contributed by atoms with Gasteiger partial charge in [-0.2, -0.15) is 0 Å². The number of nitrogens with one attached hydrogen (secondary N) is 2. The normalized spacial score (nSPS) is 15.9. The predicted molar refractivity (Wildman–Crippen MR) is 80.1 cm³/mol. The maximum atomic E-state index is 12.3. The highest BCUT2D eigenvalue weighted by Crippen LogP contribution is 2.48. The molecule has 1 fully saturated rings. The Labute approximate surface area is 124 Å². The lowest BCUT2D eigenvalue weighted by molar-refractivity contribution is -0.123. The molecule has 2 N–H and O–H groups in total. The first kappa shape index (κ1) is 15.3. The van der Waals surface area contributed by atoms with Gasteiger partial charge in [0, 0.05) is 31.8 Å². The highest BCUT2D eigenvalue weighted by Gasteiger charge is 2.51. The van der Waals surface area contributed by atoms with Gasteiger partial charge < -0.3 is 15.4 Å². The fraction of sp³-hybridized carbons (Fsp3) is 0.533. The van der Waals surface area contributed by atoms with Gasteiger partial charge in [-0.3, -0.25) is 4.79 Å². The van der Waals surface area contributed by atoms with Crippen LogP contribution in [0.5, 0.6) is 0 Å². The number of hydrogen-bond acceptors (Lipinski definition) is 3. The zero-order chi connectivity index (χ0) is 14.4. The summed E-state index contributed by atoms with van der Waals surface area (Å²) in [5.74, 6) is 0.105. The zero-order valence-corrected chi connectivity index (χ0v) is 12.5. The molecule has 2 rings (SSSR count). The van der Waals surface area contributed by atoms with Crippen molar-refractivity contribution >= 4 is 17.5 Å². The molecule has 1 aliphatic rings. The van der Waals surface area contributed by atoms with Crippen molar-refractivity contribution in [3.8, 4) is 0 Å². The average Bonchev–Trinajstić information content (AvgIpc) is 3.24. The van der Waals surface area contributed by atoms with E-state index >= 15 is 0 Å². The molecule has 0 unspecified atom stereocenters. The summed E-state index contributed by atoms with van der Waals surface area (Å²) >= 11 is 6.01. The van der Waals surface area contributed by atoms with Gasteiger partial charge in [0.15, 0.2) is 0 Å². The topological polar surface area (TPSA) is 50.4 Å². The maximum absolute atomic E-state index is 12.3. The molecule has 0 bridgehead atoms. The standard InChI is InChI=1S/C15H21ClN2O2/c1-20-10-9-17-7-8-18-14(19)15(5-6-15)12-3-2-4-13(16)11-12/h2-4,11,17H,5-10H2,1H3,(H,18,19). The minimum absolute atomic E-state index is 0.105. The van der Waals surface area contributed by atoms with Crippen molar-refractivity contribution < 1.29 is 9.53 Å². The van der Waals surface area contributed by atoms with Gasteiger partial charge in [0.1, 0.15) is 0 Å². The van der Waals surface area contributed by atoms with Crippen molar-refractivity contribution in [3.05, 3.63) is 34.9 Å². The molecule has 4 nitrogen and oxygen atoms in total. The maximum Gasteiger partial charge on any atom is 0.230 e. The summed E-state index contributed by atoms with van der Waals surface area (Å²) in [6.07, 6.45) is 1.80. The first-order chi connectivity index (χ1) is 9.69. The molecule has 1 saturated carbocycles. The van der Waals surface area contributed by atoms with Crippen LogP contribution in [0, 0.1) is 0 Å². The lowest BCUT2D eigenvalue weighted by Crippen LogP contribution is -2.39. The van der Waals surface area contributed by atoms with Crippen molar-refractivity contribution in [1.29, 1.82) is 0 Å². The molecule has 5 heteroatoms. The van der Waals surface area contributed by atoms with E-state index < -0.39 is 0 Å². The summed E-state index contributed by atoms with van der Waals surface area (Å²) in [5, 5.41) is 6.88. The number of rotatable bonds is 8. The Kier molecular flexibility index (Phi) is 5.40. The number of ether oxygens (including phenoxy) is 1. The quantitative estimate of drug-likeness (QED) is 0.718. The van der Waals surface area contributed by atoms with Crippen LogP contribution in [0.25, 0.3) is 0 Å². The van der Waals surface area contributed by atoms with Crippen LogP contribution in [0.4, 0.5) is 0 Å². The van der Waals surface area contributed by atoms with Crippen LogP contribution < -0.4 is 10.6 Å². The Morgan fingerprint density at radius 3 is 2.80 bits per heavy atom. The molecule has 0 spiro atoms. The molecule has 0 radical (unpaired) electrons. The Bertz CT molecular complexity index is 461. The molecule has 1 amide bonds. The molecule has 0 heterocycles. The van der Waals surface area contributed by atoms with Gasteiger partial charge in [-0.25, -0.2) is 0 Å². The minimum atomic E-state index is -0.350.